The van der Waals surface area contributed by atoms with Crippen LogP contribution in [0.3, 0.4) is 0 Å². The molecule has 0 radical (unpaired) electrons. The SMILES string of the molecule is CC1(C)CC(C(c2cc(C(C)(C)C)c(O)c(C(C)(C)C)c2)(C2CC(C)(C)NC(C)(C)C2)C(Cc2cc(C(C)(C)C)c(O)c(C(C)(C)C)c2)(C(=O)O)C(=O)O)CC(C)(C)N1. The van der Waals surface area contributed by atoms with E-state index >= 15 is 9.59 Å². The number of carbonyl (C=O) groups is 2. The number of aromatic hydroxyl groups is 2. The zero-order valence-electron chi connectivity index (χ0n) is 40.6. The second kappa shape index (κ2) is 14.8. The third kappa shape index (κ3) is 9.25. The molecule has 0 aromatic heterocycles. The minimum absolute atomic E-state index is 0.156. The number of hydrogen-bond donors (Lipinski definition) is 6. The number of nitrogens with one attached hydrogen (secondary N) is 2. The molecule has 0 unspecified atom stereocenters. The highest BCUT2D eigenvalue weighted by molar-refractivity contribution is 6.01. The Morgan fingerprint density at radius 1 is 0.525 bits per heavy atom. The Bertz CT molecular complexity index is 1790. The summed E-state index contributed by atoms with van der Waals surface area (Å²) in [6, 6.07) is 7.71. The van der Waals surface area contributed by atoms with Crippen molar-refractivity contribution < 1.29 is 30.0 Å². The van der Waals surface area contributed by atoms with Crippen molar-refractivity contribution in [1.29, 1.82) is 0 Å². The number of carboxylic acids is 2. The largest absolute Gasteiger partial charge is 0.507 e. The number of rotatable bonds is 8. The van der Waals surface area contributed by atoms with Crippen molar-refractivity contribution in [3.05, 3.63) is 57.6 Å². The molecule has 4 rings (SSSR count). The molecule has 332 valence electrons. The van der Waals surface area contributed by atoms with Crippen LogP contribution in [0.25, 0.3) is 0 Å². The summed E-state index contributed by atoms with van der Waals surface area (Å²) in [4.78, 5) is 30.3. The van der Waals surface area contributed by atoms with Crippen molar-refractivity contribution >= 4 is 11.9 Å². The van der Waals surface area contributed by atoms with Crippen LogP contribution in [0.5, 0.6) is 11.5 Å². The maximum absolute atomic E-state index is 15.2. The van der Waals surface area contributed by atoms with E-state index in [1.165, 1.54) is 0 Å². The zero-order valence-corrected chi connectivity index (χ0v) is 40.6. The van der Waals surface area contributed by atoms with Crippen molar-refractivity contribution in [1.82, 2.24) is 10.6 Å². The highest BCUT2D eigenvalue weighted by Gasteiger charge is 2.71. The fraction of sp³-hybridized carbons (Fsp3) is 0.725. The number of aliphatic carboxylic acids is 2. The van der Waals surface area contributed by atoms with Crippen LogP contribution < -0.4 is 10.6 Å². The molecule has 2 aromatic carbocycles. The minimum atomic E-state index is -2.42. The highest BCUT2D eigenvalue weighted by atomic mass is 16.4. The van der Waals surface area contributed by atoms with E-state index in [9.17, 15) is 20.4 Å². The van der Waals surface area contributed by atoms with Crippen LogP contribution >= 0.6 is 0 Å². The Morgan fingerprint density at radius 2 is 0.780 bits per heavy atom. The van der Waals surface area contributed by atoms with Gasteiger partial charge in [-0.2, -0.15) is 0 Å². The molecule has 2 saturated heterocycles. The first-order valence-corrected chi connectivity index (χ1v) is 21.9. The fourth-order valence-electron chi connectivity index (χ4n) is 12.0. The van der Waals surface area contributed by atoms with E-state index < -0.39 is 78.4 Å². The van der Waals surface area contributed by atoms with Crippen molar-refractivity contribution in [3.8, 4) is 11.5 Å². The molecule has 2 fully saturated rings. The van der Waals surface area contributed by atoms with Gasteiger partial charge in [0.25, 0.3) is 0 Å². The van der Waals surface area contributed by atoms with E-state index in [2.05, 4.69) is 66.0 Å². The zero-order chi connectivity index (χ0) is 45.7. The fourth-order valence-corrected chi connectivity index (χ4v) is 12.0. The maximum Gasteiger partial charge on any atom is 0.322 e. The number of phenols is 2. The summed E-state index contributed by atoms with van der Waals surface area (Å²) < 4.78 is 0. The summed E-state index contributed by atoms with van der Waals surface area (Å²) in [7, 11) is 0. The van der Waals surface area contributed by atoms with E-state index in [4.69, 9.17) is 0 Å². The smallest absolute Gasteiger partial charge is 0.322 e. The molecule has 8 nitrogen and oxygen atoms in total. The van der Waals surface area contributed by atoms with Gasteiger partial charge in [0.15, 0.2) is 5.41 Å². The molecule has 0 amide bonds. The monoisotopic (exact) mass is 819 g/mol. The molecule has 2 aromatic rings. The van der Waals surface area contributed by atoms with E-state index in [0.29, 0.717) is 59.1 Å². The first kappa shape index (κ1) is 48.6. The second-order valence-corrected chi connectivity index (χ2v) is 25.5. The number of phenolic OH excluding ortho intramolecular Hbond substituents is 2. The van der Waals surface area contributed by atoms with Gasteiger partial charge in [0.1, 0.15) is 11.5 Å². The van der Waals surface area contributed by atoms with E-state index in [1.54, 1.807) is 0 Å². The van der Waals surface area contributed by atoms with Crippen molar-refractivity contribution in [2.45, 2.75) is 220 Å². The lowest BCUT2D eigenvalue weighted by molar-refractivity contribution is -0.182. The Balaban J connectivity index is 2.45. The van der Waals surface area contributed by atoms with Gasteiger partial charge in [-0.25, -0.2) is 0 Å². The third-order valence-corrected chi connectivity index (χ3v) is 13.6. The molecular weight excluding hydrogens is 737 g/mol. The van der Waals surface area contributed by atoms with Crippen LogP contribution in [-0.2, 0) is 43.1 Å². The second-order valence-electron chi connectivity index (χ2n) is 25.5. The number of piperidine rings is 2. The molecule has 2 heterocycles. The summed E-state index contributed by atoms with van der Waals surface area (Å²) >= 11 is 0. The topological polar surface area (TPSA) is 139 Å². The van der Waals surface area contributed by atoms with Crippen molar-refractivity contribution in [2.75, 3.05) is 0 Å². The molecular formula is C51H82N2O6. The molecule has 0 spiro atoms. The molecule has 2 aliphatic heterocycles. The van der Waals surface area contributed by atoms with Crippen LogP contribution in [-0.4, -0.2) is 54.5 Å². The molecule has 2 aliphatic rings. The molecule has 0 atom stereocenters. The molecule has 8 heteroatoms. The molecule has 0 aliphatic carbocycles. The third-order valence-electron chi connectivity index (χ3n) is 13.6. The number of hydrogen-bond acceptors (Lipinski definition) is 6. The minimum Gasteiger partial charge on any atom is -0.507 e. The van der Waals surface area contributed by atoms with E-state index in [-0.39, 0.29) is 17.9 Å². The summed E-state index contributed by atoms with van der Waals surface area (Å²) in [5, 5.41) is 56.4. The Kier molecular flexibility index (Phi) is 12.2. The van der Waals surface area contributed by atoms with Gasteiger partial charge in [-0.05, 0) is 148 Å². The average Bonchev–Trinajstić information content (AvgIpc) is 2.96. The van der Waals surface area contributed by atoms with Gasteiger partial charge in [0.2, 0.25) is 0 Å². The van der Waals surface area contributed by atoms with Crippen molar-refractivity contribution in [2.24, 2.45) is 17.3 Å². The van der Waals surface area contributed by atoms with Gasteiger partial charge in [0, 0.05) is 34.0 Å². The lowest BCUT2D eigenvalue weighted by Crippen LogP contribution is -2.71. The average molecular weight is 819 g/mol. The number of carboxylic acid groups (broad SMARTS) is 2. The molecule has 0 saturated carbocycles. The van der Waals surface area contributed by atoms with Gasteiger partial charge in [-0.3, -0.25) is 9.59 Å². The van der Waals surface area contributed by atoms with Crippen LogP contribution in [0.2, 0.25) is 0 Å². The predicted molar refractivity (Wildman–Crippen MR) is 242 cm³/mol. The quantitative estimate of drug-likeness (QED) is 0.145. The Hall–Kier alpha value is -3.10. The molecule has 59 heavy (non-hydrogen) atoms. The Morgan fingerprint density at radius 3 is 1.02 bits per heavy atom. The van der Waals surface area contributed by atoms with Crippen LogP contribution in [0.15, 0.2) is 24.3 Å². The van der Waals surface area contributed by atoms with Crippen LogP contribution in [0, 0.1) is 17.3 Å². The maximum atomic E-state index is 15.2. The van der Waals surface area contributed by atoms with E-state index in [0.717, 1.165) is 0 Å². The van der Waals surface area contributed by atoms with Crippen molar-refractivity contribution in [3.63, 3.8) is 0 Å². The van der Waals surface area contributed by atoms with Gasteiger partial charge in [-0.15, -0.1) is 0 Å². The van der Waals surface area contributed by atoms with Gasteiger partial charge in [0.05, 0.1) is 0 Å². The Labute approximate surface area is 357 Å². The van der Waals surface area contributed by atoms with Crippen LogP contribution in [0.1, 0.15) is 198 Å². The predicted octanol–water partition coefficient (Wildman–Crippen LogP) is 11.0. The molecule has 0 bridgehead atoms. The van der Waals surface area contributed by atoms with E-state index in [1.807, 2.05) is 107 Å². The first-order valence-electron chi connectivity index (χ1n) is 21.9. The normalized spacial score (nSPS) is 20.7. The summed E-state index contributed by atoms with van der Waals surface area (Å²) in [6.07, 6.45) is 1.79. The van der Waals surface area contributed by atoms with Gasteiger partial charge in [-0.1, -0.05) is 107 Å². The number of benzene rings is 2. The van der Waals surface area contributed by atoms with Gasteiger partial charge >= 0.3 is 11.9 Å². The summed E-state index contributed by atoms with van der Waals surface area (Å²) in [5.74, 6) is -3.32. The molecule has 6 N–H and O–H groups in total. The summed E-state index contributed by atoms with van der Waals surface area (Å²) in [5.41, 5.74) is -4.19. The lowest BCUT2D eigenvalue weighted by atomic mass is 9.42. The highest BCUT2D eigenvalue weighted by Crippen LogP contribution is 2.64. The van der Waals surface area contributed by atoms with Crippen LogP contribution in [0.4, 0.5) is 0 Å². The lowest BCUT2D eigenvalue weighted by Gasteiger charge is -2.63. The first-order chi connectivity index (χ1) is 26.1. The summed E-state index contributed by atoms with van der Waals surface area (Å²) in [6.45, 7) is 41.6. The van der Waals surface area contributed by atoms with Gasteiger partial charge < -0.3 is 31.1 Å². The standard InChI is InChI=1S/C51H82N2O6/c1-42(2,3)34-21-30(22-35(38(34)54)43(4,5)6)25-50(40(56)57,41(58)59)51(32-26-46(13,14)52-47(15,16)27-32,33-28-48(17,18)53-49(19,20)29-33)31-23-36(44(7,8)9)39(55)37(24-31)45(10,11)12/h21-24,32-33,52-55H,25-29H2,1-20H3,(H,56,57)(H,58,59).